The van der Waals surface area contributed by atoms with E-state index in [0.717, 1.165) is 0 Å². The van der Waals surface area contributed by atoms with Gasteiger partial charge < -0.3 is 5.11 Å². The third-order valence-corrected chi connectivity index (χ3v) is 6.72. The number of carbonyl (C=O) groups is 1. The second-order valence-electron chi connectivity index (χ2n) is 8.54. The highest BCUT2D eigenvalue weighted by Crippen LogP contribution is 2.61. The number of fused-ring (bicyclic) bond motifs is 1. The molecule has 0 saturated heterocycles. The average Bonchev–Trinajstić information content (AvgIpc) is 2.87. The molecule has 25 heavy (non-hydrogen) atoms. The van der Waals surface area contributed by atoms with Gasteiger partial charge in [0.15, 0.2) is 0 Å². The van der Waals surface area contributed by atoms with Crippen molar-refractivity contribution in [3.05, 3.63) is 59.2 Å². The van der Waals surface area contributed by atoms with Gasteiger partial charge in [0.2, 0.25) is 0 Å². The van der Waals surface area contributed by atoms with Crippen LogP contribution in [-0.4, -0.2) is 11.1 Å². The zero-order valence-corrected chi connectivity index (χ0v) is 16.0. The van der Waals surface area contributed by atoms with Gasteiger partial charge in [-0.1, -0.05) is 68.8 Å². The van der Waals surface area contributed by atoms with Crippen LogP contribution in [0.5, 0.6) is 0 Å². The molecule has 3 rings (SSSR count). The number of benzene rings is 1. The van der Waals surface area contributed by atoms with Crippen LogP contribution in [0.1, 0.15) is 52.5 Å². The summed E-state index contributed by atoms with van der Waals surface area (Å²) in [7, 11) is 0. The monoisotopic (exact) mass is 338 g/mol. The van der Waals surface area contributed by atoms with E-state index in [-0.39, 0.29) is 11.3 Å². The second kappa shape index (κ2) is 6.48. The molecule has 0 aliphatic heterocycles. The van der Waals surface area contributed by atoms with Gasteiger partial charge in [-0.05, 0) is 49.5 Å². The van der Waals surface area contributed by atoms with Crippen molar-refractivity contribution in [3.63, 3.8) is 0 Å². The summed E-state index contributed by atoms with van der Waals surface area (Å²) in [6.45, 7) is 11.0. The van der Waals surface area contributed by atoms with Crippen LogP contribution in [0.25, 0.3) is 0 Å². The predicted molar refractivity (Wildman–Crippen MR) is 102 cm³/mol. The normalized spacial score (nSPS) is 38.2. The van der Waals surface area contributed by atoms with Gasteiger partial charge in [0.05, 0.1) is 0 Å². The molecule has 1 fully saturated rings. The first-order chi connectivity index (χ1) is 11.8. The minimum absolute atomic E-state index is 0.182. The van der Waals surface area contributed by atoms with Gasteiger partial charge in [-0.2, -0.15) is 0 Å². The second-order valence-corrected chi connectivity index (χ2v) is 8.54. The highest BCUT2D eigenvalue weighted by Gasteiger charge is 2.54. The van der Waals surface area contributed by atoms with E-state index >= 15 is 0 Å². The van der Waals surface area contributed by atoms with Crippen molar-refractivity contribution in [2.45, 2.75) is 47.0 Å². The third kappa shape index (κ3) is 2.96. The van der Waals surface area contributed by atoms with Crippen LogP contribution in [0, 0.1) is 29.1 Å². The summed E-state index contributed by atoms with van der Waals surface area (Å²) < 4.78 is 0. The van der Waals surface area contributed by atoms with E-state index < -0.39 is 5.97 Å². The summed E-state index contributed by atoms with van der Waals surface area (Å²) in [6.07, 6.45) is 5.69. The first-order valence-electron chi connectivity index (χ1n) is 9.41. The van der Waals surface area contributed by atoms with Crippen molar-refractivity contribution in [2.75, 3.05) is 0 Å². The van der Waals surface area contributed by atoms with Gasteiger partial charge in [0.25, 0.3) is 0 Å². The van der Waals surface area contributed by atoms with Crippen molar-refractivity contribution >= 4 is 5.97 Å². The van der Waals surface area contributed by atoms with Gasteiger partial charge >= 0.3 is 5.97 Å². The molecule has 134 valence electrons. The van der Waals surface area contributed by atoms with Crippen LogP contribution >= 0.6 is 0 Å². The predicted octanol–water partition coefficient (Wildman–Crippen LogP) is 5.68. The molecule has 6 atom stereocenters. The Morgan fingerprint density at radius 3 is 2.44 bits per heavy atom. The molecular weight excluding hydrogens is 308 g/mol. The molecule has 0 radical (unpaired) electrons. The maximum atomic E-state index is 11.6. The smallest absolute Gasteiger partial charge is 0.330 e. The minimum atomic E-state index is -0.811. The molecule has 2 nitrogen and oxygen atoms in total. The lowest BCUT2D eigenvalue weighted by Gasteiger charge is -2.49. The van der Waals surface area contributed by atoms with Crippen LogP contribution in [0.15, 0.2) is 53.6 Å². The fourth-order valence-corrected chi connectivity index (χ4v) is 5.91. The SMILES string of the molecule is CC1=C[C@H](c2ccccc2)[C@@](C)(/C=C(\C)C(=O)O)[C@@H]2[C@@H]1[C@H](C)C[C@H]2C. The average molecular weight is 338 g/mol. The number of aliphatic carboxylic acids is 1. The molecule has 2 heteroatoms. The molecule has 0 bridgehead atoms. The van der Waals surface area contributed by atoms with Gasteiger partial charge in [-0.3, -0.25) is 0 Å². The number of carboxylic acids is 1. The van der Waals surface area contributed by atoms with Crippen molar-refractivity contribution in [3.8, 4) is 0 Å². The fourth-order valence-electron chi connectivity index (χ4n) is 5.91. The van der Waals surface area contributed by atoms with Crippen molar-refractivity contribution in [1.82, 2.24) is 0 Å². The molecule has 1 aromatic rings. The lowest BCUT2D eigenvalue weighted by Crippen LogP contribution is -2.41. The van der Waals surface area contributed by atoms with E-state index in [0.29, 0.717) is 29.2 Å². The zero-order chi connectivity index (χ0) is 18.4. The standard InChI is InChI=1S/C23H30O2/c1-14-11-16(3)21-20(14)15(2)12-19(18-9-7-6-8-10-18)23(21,5)13-17(4)22(24)25/h6-10,12-14,16,19-21H,11H2,1-5H3,(H,24,25)/b17-13+/t14-,16-,19-,20-,21+,23-/m1/s1. The fraction of sp³-hybridized carbons (Fsp3) is 0.522. The third-order valence-electron chi connectivity index (χ3n) is 6.72. The number of allylic oxidation sites excluding steroid dienone is 3. The number of carboxylic acid groups (broad SMARTS) is 1. The summed E-state index contributed by atoms with van der Waals surface area (Å²) in [5.74, 6) is 1.69. The van der Waals surface area contributed by atoms with Gasteiger partial charge in [0.1, 0.15) is 0 Å². The first kappa shape index (κ1) is 18.0. The van der Waals surface area contributed by atoms with E-state index in [1.807, 2.05) is 6.07 Å². The maximum absolute atomic E-state index is 11.6. The summed E-state index contributed by atoms with van der Waals surface area (Å²) in [4.78, 5) is 11.6. The van der Waals surface area contributed by atoms with Crippen molar-refractivity contribution < 1.29 is 9.90 Å². The molecule has 2 aliphatic carbocycles. The topological polar surface area (TPSA) is 37.3 Å². The summed E-state index contributed by atoms with van der Waals surface area (Å²) >= 11 is 0. The lowest BCUT2D eigenvalue weighted by atomic mass is 9.55. The molecule has 0 heterocycles. The Balaban J connectivity index is 2.20. The zero-order valence-electron chi connectivity index (χ0n) is 16.0. The van der Waals surface area contributed by atoms with Gasteiger partial charge in [-0.25, -0.2) is 4.79 Å². The molecule has 0 aromatic heterocycles. The molecule has 0 spiro atoms. The van der Waals surface area contributed by atoms with E-state index in [9.17, 15) is 9.90 Å². The van der Waals surface area contributed by atoms with Crippen LogP contribution in [0.2, 0.25) is 0 Å². The minimum Gasteiger partial charge on any atom is -0.478 e. The molecular formula is C23H30O2. The quantitative estimate of drug-likeness (QED) is 0.569. The highest BCUT2D eigenvalue weighted by atomic mass is 16.4. The van der Waals surface area contributed by atoms with E-state index in [2.05, 4.69) is 64.1 Å². The van der Waals surface area contributed by atoms with Gasteiger partial charge in [0, 0.05) is 16.9 Å². The largest absolute Gasteiger partial charge is 0.478 e. The van der Waals surface area contributed by atoms with Crippen LogP contribution in [0.3, 0.4) is 0 Å². The van der Waals surface area contributed by atoms with Crippen LogP contribution in [-0.2, 0) is 4.79 Å². The molecule has 1 aromatic carbocycles. The molecule has 0 unspecified atom stereocenters. The summed E-state index contributed by atoms with van der Waals surface area (Å²) in [6, 6.07) is 10.6. The van der Waals surface area contributed by atoms with Crippen molar-refractivity contribution in [1.29, 1.82) is 0 Å². The van der Waals surface area contributed by atoms with Crippen molar-refractivity contribution in [2.24, 2.45) is 29.1 Å². The maximum Gasteiger partial charge on any atom is 0.330 e. The summed E-state index contributed by atoms with van der Waals surface area (Å²) in [5, 5.41) is 9.51. The van der Waals surface area contributed by atoms with Crippen LogP contribution < -0.4 is 0 Å². The number of hydrogen-bond donors (Lipinski definition) is 1. The van der Waals surface area contributed by atoms with E-state index in [1.54, 1.807) is 6.92 Å². The first-order valence-corrected chi connectivity index (χ1v) is 9.41. The Morgan fingerprint density at radius 2 is 1.84 bits per heavy atom. The van der Waals surface area contributed by atoms with Gasteiger partial charge in [-0.15, -0.1) is 0 Å². The highest BCUT2D eigenvalue weighted by molar-refractivity contribution is 5.86. The molecule has 1 N–H and O–H groups in total. The Morgan fingerprint density at radius 1 is 1.20 bits per heavy atom. The van der Waals surface area contributed by atoms with Crippen LogP contribution in [0.4, 0.5) is 0 Å². The number of rotatable bonds is 3. The summed E-state index contributed by atoms with van der Waals surface area (Å²) in [5.41, 5.74) is 3.04. The molecule has 1 saturated carbocycles. The Bertz CT molecular complexity index is 715. The Hall–Kier alpha value is -1.83. The van der Waals surface area contributed by atoms with E-state index in [1.165, 1.54) is 17.6 Å². The number of hydrogen-bond acceptors (Lipinski definition) is 1. The molecule has 0 amide bonds. The Kier molecular flexibility index (Phi) is 4.66. The molecule has 2 aliphatic rings. The van der Waals surface area contributed by atoms with E-state index in [4.69, 9.17) is 0 Å². The Labute approximate surface area is 151 Å². The lowest BCUT2D eigenvalue weighted by molar-refractivity contribution is -0.132.